The second-order valence-electron chi connectivity index (χ2n) is 5.43. The summed E-state index contributed by atoms with van der Waals surface area (Å²) in [5, 5.41) is 12.1. The molecule has 0 saturated heterocycles. The summed E-state index contributed by atoms with van der Waals surface area (Å²) < 4.78 is 0. The average molecular weight is 278 g/mol. The molecule has 0 spiro atoms. The fourth-order valence-corrected chi connectivity index (χ4v) is 2.12. The molecule has 0 aliphatic rings. The minimum atomic E-state index is -0.840. The molecule has 0 heterocycles. The Bertz CT molecular complexity index is 431. The van der Waals surface area contributed by atoms with E-state index in [-0.39, 0.29) is 0 Å². The molecule has 0 radical (unpaired) electrons. The number of aliphatic carboxylic acids is 1. The number of rotatable bonds is 8. The standard InChI is InChI=1S/C16H26N2O2/c1-5-13-7-9-14(10-8-13)18(4)12-6-11-16(2,17-3)15(19)20/h7-10,17H,5-6,11-12H2,1-4H3,(H,19,20). The van der Waals surface area contributed by atoms with Crippen molar-refractivity contribution in [2.45, 2.75) is 38.6 Å². The summed E-state index contributed by atoms with van der Waals surface area (Å²) in [4.78, 5) is 13.4. The number of carbonyl (C=O) groups is 1. The molecule has 0 fully saturated rings. The predicted molar refractivity (Wildman–Crippen MR) is 83.4 cm³/mol. The Morgan fingerprint density at radius 2 is 1.95 bits per heavy atom. The van der Waals surface area contributed by atoms with Crippen molar-refractivity contribution in [3.63, 3.8) is 0 Å². The van der Waals surface area contributed by atoms with Gasteiger partial charge in [-0.05, 0) is 50.9 Å². The van der Waals surface area contributed by atoms with Gasteiger partial charge in [0.2, 0.25) is 0 Å². The van der Waals surface area contributed by atoms with Gasteiger partial charge < -0.3 is 15.3 Å². The third kappa shape index (κ3) is 4.23. The van der Waals surface area contributed by atoms with Crippen LogP contribution in [0, 0.1) is 0 Å². The Morgan fingerprint density at radius 3 is 2.40 bits per heavy atom. The second-order valence-corrected chi connectivity index (χ2v) is 5.43. The van der Waals surface area contributed by atoms with Crippen LogP contribution in [0.5, 0.6) is 0 Å². The van der Waals surface area contributed by atoms with Crippen molar-refractivity contribution in [3.8, 4) is 0 Å². The summed E-state index contributed by atoms with van der Waals surface area (Å²) in [5.74, 6) is -0.796. The number of hydrogen-bond donors (Lipinski definition) is 2. The summed E-state index contributed by atoms with van der Waals surface area (Å²) in [6, 6.07) is 8.52. The van der Waals surface area contributed by atoms with Crippen LogP contribution in [-0.2, 0) is 11.2 Å². The van der Waals surface area contributed by atoms with Gasteiger partial charge in [0.1, 0.15) is 5.54 Å². The summed E-state index contributed by atoms with van der Waals surface area (Å²) in [6.07, 6.45) is 2.48. The van der Waals surface area contributed by atoms with Crippen molar-refractivity contribution in [2.75, 3.05) is 25.5 Å². The third-order valence-electron chi connectivity index (χ3n) is 3.98. The van der Waals surface area contributed by atoms with Crippen LogP contribution in [-0.4, -0.2) is 37.3 Å². The molecule has 4 heteroatoms. The largest absolute Gasteiger partial charge is 0.480 e. The Kier molecular flexibility index (Phi) is 6.02. The van der Waals surface area contributed by atoms with E-state index in [9.17, 15) is 9.90 Å². The van der Waals surface area contributed by atoms with Crippen LogP contribution in [0.3, 0.4) is 0 Å². The minimum absolute atomic E-state index is 0.607. The number of nitrogens with zero attached hydrogens (tertiary/aromatic N) is 1. The number of anilines is 1. The fourth-order valence-electron chi connectivity index (χ4n) is 2.12. The maximum atomic E-state index is 11.2. The molecule has 1 unspecified atom stereocenters. The molecule has 112 valence electrons. The number of benzene rings is 1. The fraction of sp³-hybridized carbons (Fsp3) is 0.562. The molecular weight excluding hydrogens is 252 g/mol. The van der Waals surface area contributed by atoms with E-state index in [1.54, 1.807) is 14.0 Å². The molecule has 1 rings (SSSR count). The van der Waals surface area contributed by atoms with Gasteiger partial charge in [-0.3, -0.25) is 4.79 Å². The molecule has 0 bridgehead atoms. The quantitative estimate of drug-likeness (QED) is 0.767. The zero-order valence-electron chi connectivity index (χ0n) is 12.9. The topological polar surface area (TPSA) is 52.6 Å². The Labute approximate surface area is 121 Å². The first-order valence-electron chi connectivity index (χ1n) is 7.15. The average Bonchev–Trinajstić information content (AvgIpc) is 2.46. The van der Waals surface area contributed by atoms with Gasteiger partial charge in [0.25, 0.3) is 0 Å². The highest BCUT2D eigenvalue weighted by atomic mass is 16.4. The molecule has 1 aromatic carbocycles. The first-order chi connectivity index (χ1) is 9.42. The Morgan fingerprint density at radius 1 is 1.35 bits per heavy atom. The summed E-state index contributed by atoms with van der Waals surface area (Å²) in [6.45, 7) is 4.71. The van der Waals surface area contributed by atoms with Gasteiger partial charge in [-0.2, -0.15) is 0 Å². The zero-order valence-corrected chi connectivity index (χ0v) is 12.9. The van der Waals surface area contributed by atoms with Crippen molar-refractivity contribution in [3.05, 3.63) is 29.8 Å². The van der Waals surface area contributed by atoms with E-state index in [0.29, 0.717) is 6.42 Å². The normalized spacial score (nSPS) is 13.8. The highest BCUT2D eigenvalue weighted by Crippen LogP contribution is 2.17. The third-order valence-corrected chi connectivity index (χ3v) is 3.98. The number of likely N-dealkylation sites (N-methyl/N-ethyl adjacent to an activating group) is 1. The maximum Gasteiger partial charge on any atom is 0.323 e. The van der Waals surface area contributed by atoms with E-state index in [1.807, 2.05) is 7.05 Å². The lowest BCUT2D eigenvalue weighted by Gasteiger charge is -2.26. The van der Waals surface area contributed by atoms with E-state index in [4.69, 9.17) is 0 Å². The molecule has 0 aliphatic heterocycles. The van der Waals surface area contributed by atoms with Crippen LogP contribution in [0.4, 0.5) is 5.69 Å². The summed E-state index contributed by atoms with van der Waals surface area (Å²) >= 11 is 0. The first kappa shape index (κ1) is 16.5. The van der Waals surface area contributed by atoms with Crippen LogP contribution in [0.2, 0.25) is 0 Å². The van der Waals surface area contributed by atoms with Crippen LogP contribution >= 0.6 is 0 Å². The number of hydrogen-bond acceptors (Lipinski definition) is 3. The lowest BCUT2D eigenvalue weighted by Crippen LogP contribution is -2.47. The molecular formula is C16H26N2O2. The molecule has 1 aromatic rings. The van der Waals surface area contributed by atoms with E-state index in [1.165, 1.54) is 11.3 Å². The highest BCUT2D eigenvalue weighted by molar-refractivity contribution is 5.78. The molecule has 20 heavy (non-hydrogen) atoms. The van der Waals surface area contributed by atoms with E-state index >= 15 is 0 Å². The van der Waals surface area contributed by atoms with Gasteiger partial charge in [0, 0.05) is 19.3 Å². The highest BCUT2D eigenvalue weighted by Gasteiger charge is 2.30. The summed E-state index contributed by atoms with van der Waals surface area (Å²) in [5.41, 5.74) is 1.66. The first-order valence-corrected chi connectivity index (χ1v) is 7.15. The molecule has 0 aromatic heterocycles. The number of carboxylic acids is 1. The van der Waals surface area contributed by atoms with Crippen molar-refractivity contribution in [1.82, 2.24) is 5.32 Å². The number of nitrogens with one attached hydrogen (secondary N) is 1. The number of aryl methyl sites for hydroxylation is 1. The predicted octanol–water partition coefficient (Wildman–Crippen LogP) is 2.53. The van der Waals surface area contributed by atoms with Gasteiger partial charge >= 0.3 is 5.97 Å². The van der Waals surface area contributed by atoms with Crippen molar-refractivity contribution in [2.24, 2.45) is 0 Å². The van der Waals surface area contributed by atoms with E-state index < -0.39 is 11.5 Å². The monoisotopic (exact) mass is 278 g/mol. The lowest BCUT2D eigenvalue weighted by atomic mass is 9.96. The van der Waals surface area contributed by atoms with Gasteiger partial charge in [-0.25, -0.2) is 0 Å². The SMILES string of the molecule is CCc1ccc(N(C)CCCC(C)(NC)C(=O)O)cc1. The van der Waals surface area contributed by atoms with Crippen molar-refractivity contribution >= 4 is 11.7 Å². The smallest absolute Gasteiger partial charge is 0.323 e. The molecule has 2 N–H and O–H groups in total. The number of carboxylic acid groups (broad SMARTS) is 1. The molecule has 1 atom stereocenters. The van der Waals surface area contributed by atoms with E-state index in [2.05, 4.69) is 41.4 Å². The van der Waals surface area contributed by atoms with Gasteiger partial charge in [-0.15, -0.1) is 0 Å². The molecule has 0 aliphatic carbocycles. The van der Waals surface area contributed by atoms with Crippen LogP contribution < -0.4 is 10.2 Å². The lowest BCUT2D eigenvalue weighted by molar-refractivity contribution is -0.144. The van der Waals surface area contributed by atoms with Gasteiger partial charge in [0.15, 0.2) is 0 Å². The van der Waals surface area contributed by atoms with Crippen LogP contribution in [0.1, 0.15) is 32.3 Å². The second kappa shape index (κ2) is 7.29. The van der Waals surface area contributed by atoms with Crippen LogP contribution in [0.15, 0.2) is 24.3 Å². The van der Waals surface area contributed by atoms with Gasteiger partial charge in [-0.1, -0.05) is 19.1 Å². The van der Waals surface area contributed by atoms with E-state index in [0.717, 1.165) is 19.4 Å². The molecule has 0 amide bonds. The maximum absolute atomic E-state index is 11.2. The minimum Gasteiger partial charge on any atom is -0.480 e. The van der Waals surface area contributed by atoms with Crippen molar-refractivity contribution in [1.29, 1.82) is 0 Å². The Hall–Kier alpha value is -1.55. The van der Waals surface area contributed by atoms with Gasteiger partial charge in [0.05, 0.1) is 0 Å². The van der Waals surface area contributed by atoms with Crippen LogP contribution in [0.25, 0.3) is 0 Å². The Balaban J connectivity index is 2.50. The molecule has 0 saturated carbocycles. The molecule has 4 nitrogen and oxygen atoms in total. The summed E-state index contributed by atoms with van der Waals surface area (Å²) in [7, 11) is 3.74. The van der Waals surface area contributed by atoms with Crippen molar-refractivity contribution < 1.29 is 9.90 Å². The zero-order chi connectivity index (χ0) is 15.2.